The van der Waals surface area contributed by atoms with Gasteiger partial charge in [0.15, 0.2) is 5.65 Å². The van der Waals surface area contributed by atoms with Gasteiger partial charge >= 0.3 is 0 Å². The maximum atomic E-state index is 6.02. The Kier molecular flexibility index (Phi) is 4.57. The van der Waals surface area contributed by atoms with Gasteiger partial charge in [0.2, 0.25) is 0 Å². The number of fused-ring (bicyclic) bond motifs is 1. The predicted octanol–water partition coefficient (Wildman–Crippen LogP) is 3.43. The van der Waals surface area contributed by atoms with Gasteiger partial charge in [0.25, 0.3) is 0 Å². The van der Waals surface area contributed by atoms with Gasteiger partial charge in [0, 0.05) is 5.56 Å². The highest BCUT2D eigenvalue weighted by Crippen LogP contribution is 2.24. The van der Waals surface area contributed by atoms with E-state index in [-0.39, 0.29) is 6.10 Å². The number of nitrogens with zero attached hydrogens (tertiary/aromatic N) is 4. The van der Waals surface area contributed by atoms with Gasteiger partial charge in [-0.2, -0.15) is 0 Å². The van der Waals surface area contributed by atoms with Gasteiger partial charge in [0.05, 0.1) is 12.2 Å². The lowest BCUT2D eigenvalue weighted by atomic mass is 10.1. The Balaban J connectivity index is 1.67. The fourth-order valence-corrected chi connectivity index (χ4v) is 3.24. The smallest absolute Gasteiger partial charge is 0.160 e. The van der Waals surface area contributed by atoms with Crippen molar-refractivity contribution in [1.29, 1.82) is 0 Å². The van der Waals surface area contributed by atoms with Crippen molar-refractivity contribution in [2.45, 2.75) is 26.5 Å². The van der Waals surface area contributed by atoms with Crippen LogP contribution in [-0.2, 0) is 6.54 Å². The van der Waals surface area contributed by atoms with E-state index in [0.717, 1.165) is 34.0 Å². The van der Waals surface area contributed by atoms with Crippen molar-refractivity contribution in [3.63, 3.8) is 0 Å². The minimum Gasteiger partial charge on any atom is -0.489 e. The normalized spacial score (nSPS) is 12.2. The number of ether oxygens (including phenoxy) is 1. The molecule has 0 aliphatic carbocycles. The molecule has 4 aromatic rings. The maximum Gasteiger partial charge on any atom is 0.160 e. The van der Waals surface area contributed by atoms with E-state index in [1.807, 2.05) is 56.3 Å². The number of anilines is 2. The largest absolute Gasteiger partial charge is 0.489 e. The molecule has 1 aromatic carbocycles. The van der Waals surface area contributed by atoms with Crippen molar-refractivity contribution in [2.75, 3.05) is 11.5 Å². The fraction of sp³-hybridized carbons (Fsp3) is 0.190. The van der Waals surface area contributed by atoms with Crippen molar-refractivity contribution in [2.24, 2.45) is 0 Å². The summed E-state index contributed by atoms with van der Waals surface area (Å²) in [6.07, 6.45) is -0.0452. The van der Waals surface area contributed by atoms with Crippen LogP contribution in [0.2, 0.25) is 0 Å². The molecule has 3 aromatic heterocycles. The Bertz CT molecular complexity index is 1100. The van der Waals surface area contributed by atoms with Crippen molar-refractivity contribution in [3.8, 4) is 17.0 Å². The summed E-state index contributed by atoms with van der Waals surface area (Å²) in [7, 11) is 0. The van der Waals surface area contributed by atoms with Crippen molar-refractivity contribution in [1.82, 2.24) is 19.5 Å². The highest BCUT2D eigenvalue weighted by molar-refractivity contribution is 5.77. The molecule has 0 radical (unpaired) electrons. The third-order valence-electron chi connectivity index (χ3n) is 4.46. The summed E-state index contributed by atoms with van der Waals surface area (Å²) in [6, 6.07) is 17.2. The molecule has 4 rings (SSSR count). The Morgan fingerprint density at radius 1 is 0.964 bits per heavy atom. The Morgan fingerprint density at radius 2 is 1.68 bits per heavy atom. The molecule has 7 nitrogen and oxygen atoms in total. The van der Waals surface area contributed by atoms with Crippen LogP contribution in [0.5, 0.6) is 5.75 Å². The first kappa shape index (κ1) is 17.8. The summed E-state index contributed by atoms with van der Waals surface area (Å²) in [6.45, 7) is 4.64. The van der Waals surface area contributed by atoms with Crippen LogP contribution in [0.1, 0.15) is 12.7 Å². The zero-order valence-electron chi connectivity index (χ0n) is 15.8. The van der Waals surface area contributed by atoms with Gasteiger partial charge in [-0.3, -0.25) is 0 Å². The molecule has 142 valence electrons. The molecule has 4 N–H and O–H groups in total. The Hall–Kier alpha value is -3.61. The lowest BCUT2D eigenvalue weighted by Gasteiger charge is -2.16. The van der Waals surface area contributed by atoms with Crippen LogP contribution in [0.4, 0.5) is 11.6 Å². The molecule has 0 saturated heterocycles. The number of pyridine rings is 2. The highest BCUT2D eigenvalue weighted by atomic mass is 16.5. The van der Waals surface area contributed by atoms with Crippen LogP contribution < -0.4 is 16.2 Å². The van der Waals surface area contributed by atoms with Gasteiger partial charge in [-0.1, -0.05) is 18.2 Å². The number of aryl methyl sites for hydroxylation is 1. The monoisotopic (exact) mass is 374 g/mol. The summed E-state index contributed by atoms with van der Waals surface area (Å²) >= 11 is 0. The number of hydrogen-bond donors (Lipinski definition) is 2. The second-order valence-electron chi connectivity index (χ2n) is 6.76. The first-order valence-corrected chi connectivity index (χ1v) is 9.08. The van der Waals surface area contributed by atoms with E-state index in [1.165, 1.54) is 0 Å². The average Bonchev–Trinajstić information content (AvgIpc) is 2.96. The van der Waals surface area contributed by atoms with E-state index in [9.17, 15) is 0 Å². The summed E-state index contributed by atoms with van der Waals surface area (Å²) in [5.41, 5.74) is 14.9. The summed E-state index contributed by atoms with van der Waals surface area (Å²) in [5, 5.41) is 0. The number of para-hydroxylation sites is 1. The Morgan fingerprint density at radius 3 is 2.39 bits per heavy atom. The summed E-state index contributed by atoms with van der Waals surface area (Å²) in [4.78, 5) is 13.5. The Labute approximate surface area is 163 Å². The number of nitrogen functional groups attached to an aromatic ring is 2. The van der Waals surface area contributed by atoms with Crippen LogP contribution in [-0.4, -0.2) is 25.6 Å². The first-order valence-electron chi connectivity index (χ1n) is 9.08. The van der Waals surface area contributed by atoms with Crippen LogP contribution in [0.15, 0.2) is 54.6 Å². The third-order valence-corrected chi connectivity index (χ3v) is 4.46. The molecule has 1 atom stereocenters. The van der Waals surface area contributed by atoms with Gasteiger partial charge in [-0.15, -0.1) is 0 Å². The van der Waals surface area contributed by atoms with Gasteiger partial charge in [-0.05, 0) is 50.2 Å². The zero-order chi connectivity index (χ0) is 19.7. The molecule has 0 amide bonds. The molecule has 0 bridgehead atoms. The summed E-state index contributed by atoms with van der Waals surface area (Å²) < 4.78 is 8.09. The molecule has 28 heavy (non-hydrogen) atoms. The van der Waals surface area contributed by atoms with Crippen molar-refractivity contribution < 1.29 is 4.74 Å². The van der Waals surface area contributed by atoms with E-state index in [4.69, 9.17) is 21.2 Å². The first-order chi connectivity index (χ1) is 13.5. The topological polar surface area (TPSA) is 105 Å². The molecular formula is C21H22N6O. The van der Waals surface area contributed by atoms with E-state index in [1.54, 1.807) is 12.1 Å². The van der Waals surface area contributed by atoms with Crippen molar-refractivity contribution >= 4 is 22.8 Å². The molecule has 7 heteroatoms. The summed E-state index contributed by atoms with van der Waals surface area (Å²) in [5.74, 6) is 2.46. The van der Waals surface area contributed by atoms with Crippen LogP contribution >= 0.6 is 0 Å². The number of aromatic nitrogens is 4. The molecule has 0 spiro atoms. The second kappa shape index (κ2) is 7.19. The third kappa shape index (κ3) is 3.59. The molecule has 0 aliphatic rings. The number of imidazole rings is 1. The fourth-order valence-electron chi connectivity index (χ4n) is 3.24. The number of nitrogens with two attached hydrogens (primary N) is 2. The lowest BCUT2D eigenvalue weighted by Crippen LogP contribution is -2.20. The number of rotatable bonds is 5. The number of hydrogen-bond acceptors (Lipinski definition) is 6. The molecule has 0 fully saturated rings. The quantitative estimate of drug-likeness (QED) is 0.554. The average molecular weight is 374 g/mol. The standard InChI is InChI=1S/C21H22N6O/c1-13(28-16-6-4-3-5-7-16)12-27-14(2)24-18-9-8-17(25-21(18)27)15-10-19(22)26-20(23)11-15/h3-11,13H,12H2,1-2H3,(H4,22,23,26)/t13-/m0/s1. The van der Waals surface area contributed by atoms with Gasteiger partial charge in [-0.25, -0.2) is 15.0 Å². The zero-order valence-corrected chi connectivity index (χ0v) is 15.8. The molecule has 0 unspecified atom stereocenters. The lowest BCUT2D eigenvalue weighted by molar-refractivity contribution is 0.200. The molecular weight excluding hydrogens is 352 g/mol. The van der Waals surface area contributed by atoms with E-state index in [0.29, 0.717) is 18.2 Å². The van der Waals surface area contributed by atoms with Crippen LogP contribution in [0, 0.1) is 6.92 Å². The molecule has 0 saturated carbocycles. The van der Waals surface area contributed by atoms with E-state index < -0.39 is 0 Å². The minimum atomic E-state index is -0.0452. The minimum absolute atomic E-state index is 0.0452. The van der Waals surface area contributed by atoms with Gasteiger partial charge in [0.1, 0.15) is 34.8 Å². The van der Waals surface area contributed by atoms with E-state index in [2.05, 4.69) is 14.5 Å². The van der Waals surface area contributed by atoms with Crippen LogP contribution in [0.25, 0.3) is 22.4 Å². The SMILES string of the molecule is Cc1nc2ccc(-c3cc(N)nc(N)c3)nc2n1C[C@H](C)Oc1ccccc1. The van der Waals surface area contributed by atoms with Crippen molar-refractivity contribution in [3.05, 3.63) is 60.4 Å². The van der Waals surface area contributed by atoms with Crippen LogP contribution in [0.3, 0.4) is 0 Å². The highest BCUT2D eigenvalue weighted by Gasteiger charge is 2.14. The molecule has 0 aliphatic heterocycles. The second-order valence-corrected chi connectivity index (χ2v) is 6.76. The van der Waals surface area contributed by atoms with Gasteiger partial charge < -0.3 is 20.8 Å². The molecule has 3 heterocycles. The predicted molar refractivity (Wildman–Crippen MR) is 111 cm³/mol. The van der Waals surface area contributed by atoms with E-state index >= 15 is 0 Å². The maximum absolute atomic E-state index is 6.02. The number of benzene rings is 1.